The average molecular weight is 274 g/mol. The van der Waals surface area contributed by atoms with E-state index in [-0.39, 0.29) is 5.91 Å². The van der Waals surface area contributed by atoms with E-state index in [1.54, 1.807) is 0 Å². The molecule has 1 amide bonds. The molecule has 0 spiro atoms. The van der Waals surface area contributed by atoms with Gasteiger partial charge < -0.3 is 10.6 Å². The van der Waals surface area contributed by atoms with Crippen molar-refractivity contribution in [1.82, 2.24) is 5.32 Å². The van der Waals surface area contributed by atoms with Crippen molar-refractivity contribution < 1.29 is 4.79 Å². The van der Waals surface area contributed by atoms with Gasteiger partial charge in [-0.15, -0.1) is 0 Å². The summed E-state index contributed by atoms with van der Waals surface area (Å²) in [5, 5.41) is 6.60. The summed E-state index contributed by atoms with van der Waals surface area (Å²) in [5.74, 6) is 0.730. The third-order valence-corrected chi connectivity index (χ3v) is 4.28. The van der Waals surface area contributed by atoms with Crippen molar-refractivity contribution >= 4 is 11.6 Å². The lowest BCUT2D eigenvalue weighted by molar-refractivity contribution is -0.114. The molecule has 3 atom stereocenters. The zero-order chi connectivity index (χ0) is 14.5. The molecule has 3 nitrogen and oxygen atoms in total. The molecule has 1 saturated carbocycles. The van der Waals surface area contributed by atoms with Crippen molar-refractivity contribution in [3.05, 3.63) is 29.8 Å². The zero-order valence-corrected chi connectivity index (χ0v) is 12.8. The predicted octanol–water partition coefficient (Wildman–Crippen LogP) is 3.87. The summed E-state index contributed by atoms with van der Waals surface area (Å²) in [7, 11) is 0. The number of carbonyl (C=O) groups is 1. The summed E-state index contributed by atoms with van der Waals surface area (Å²) in [6.45, 7) is 6.09. The van der Waals surface area contributed by atoms with Crippen LogP contribution in [0, 0.1) is 5.92 Å². The van der Waals surface area contributed by atoms with Crippen molar-refractivity contribution in [2.24, 2.45) is 5.92 Å². The fourth-order valence-electron chi connectivity index (χ4n) is 3.07. The van der Waals surface area contributed by atoms with Crippen molar-refractivity contribution in [1.29, 1.82) is 0 Å². The molecule has 1 aliphatic rings. The van der Waals surface area contributed by atoms with Gasteiger partial charge in [-0.1, -0.05) is 31.9 Å². The molecular formula is C17H26N2O. The molecule has 3 heteroatoms. The molecule has 0 saturated heterocycles. The first-order chi connectivity index (χ1) is 9.56. The Bertz CT molecular complexity index is 458. The van der Waals surface area contributed by atoms with Crippen LogP contribution in [0.4, 0.5) is 5.69 Å². The number of rotatable bonds is 4. The molecule has 0 radical (unpaired) electrons. The van der Waals surface area contributed by atoms with Gasteiger partial charge in [0.25, 0.3) is 0 Å². The number of carbonyl (C=O) groups excluding carboxylic acids is 1. The standard InChI is InChI=1S/C17H26N2O/c1-12-7-4-5-10-17(12)18-13(2)15-8-6-9-16(11-15)19-14(3)20/h6,8-9,11-13,17-18H,4-5,7,10H2,1-3H3,(H,19,20). The van der Waals surface area contributed by atoms with Crippen LogP contribution in [0.3, 0.4) is 0 Å². The Labute approximate surface area is 122 Å². The molecule has 1 aliphatic carbocycles. The smallest absolute Gasteiger partial charge is 0.221 e. The minimum Gasteiger partial charge on any atom is -0.326 e. The number of nitrogens with one attached hydrogen (secondary N) is 2. The highest BCUT2D eigenvalue weighted by molar-refractivity contribution is 5.88. The maximum atomic E-state index is 11.1. The maximum Gasteiger partial charge on any atom is 0.221 e. The molecule has 2 N–H and O–H groups in total. The van der Waals surface area contributed by atoms with Crippen LogP contribution in [0.5, 0.6) is 0 Å². The van der Waals surface area contributed by atoms with E-state index in [0.29, 0.717) is 12.1 Å². The normalized spacial score (nSPS) is 24.1. The Hall–Kier alpha value is -1.35. The molecule has 1 fully saturated rings. The van der Waals surface area contributed by atoms with Crippen LogP contribution in [0.2, 0.25) is 0 Å². The van der Waals surface area contributed by atoms with Gasteiger partial charge in [-0.3, -0.25) is 4.79 Å². The monoisotopic (exact) mass is 274 g/mol. The fourth-order valence-corrected chi connectivity index (χ4v) is 3.07. The van der Waals surface area contributed by atoms with Gasteiger partial charge in [-0.05, 0) is 43.4 Å². The van der Waals surface area contributed by atoms with Crippen LogP contribution in [0.15, 0.2) is 24.3 Å². The van der Waals surface area contributed by atoms with Gasteiger partial charge in [0.2, 0.25) is 5.91 Å². The highest BCUT2D eigenvalue weighted by atomic mass is 16.1. The third-order valence-electron chi connectivity index (χ3n) is 4.28. The summed E-state index contributed by atoms with van der Waals surface area (Å²) < 4.78 is 0. The van der Waals surface area contributed by atoms with E-state index < -0.39 is 0 Å². The van der Waals surface area contributed by atoms with Gasteiger partial charge in [-0.25, -0.2) is 0 Å². The second-order valence-electron chi connectivity index (χ2n) is 6.06. The Kier molecular flexibility index (Phi) is 5.18. The SMILES string of the molecule is CC(=O)Nc1cccc(C(C)NC2CCCCC2C)c1. The second kappa shape index (κ2) is 6.89. The Balaban J connectivity index is 2.01. The molecule has 110 valence electrons. The lowest BCUT2D eigenvalue weighted by atomic mass is 9.85. The fraction of sp³-hybridized carbons (Fsp3) is 0.588. The van der Waals surface area contributed by atoms with E-state index in [1.165, 1.54) is 38.2 Å². The topological polar surface area (TPSA) is 41.1 Å². The molecule has 0 aliphatic heterocycles. The molecule has 3 unspecified atom stereocenters. The molecule has 1 aromatic carbocycles. The van der Waals surface area contributed by atoms with E-state index in [4.69, 9.17) is 0 Å². The van der Waals surface area contributed by atoms with Gasteiger partial charge in [0.05, 0.1) is 0 Å². The zero-order valence-electron chi connectivity index (χ0n) is 12.8. The van der Waals surface area contributed by atoms with Gasteiger partial charge in [0.1, 0.15) is 0 Å². The number of hydrogen-bond acceptors (Lipinski definition) is 2. The highest BCUT2D eigenvalue weighted by Crippen LogP contribution is 2.26. The Morgan fingerprint density at radius 1 is 1.30 bits per heavy atom. The van der Waals surface area contributed by atoms with Crippen molar-refractivity contribution in [3.63, 3.8) is 0 Å². The number of benzene rings is 1. The van der Waals surface area contributed by atoms with Crippen molar-refractivity contribution in [3.8, 4) is 0 Å². The van der Waals surface area contributed by atoms with E-state index in [9.17, 15) is 4.79 Å². The average Bonchev–Trinajstić information content (AvgIpc) is 2.41. The van der Waals surface area contributed by atoms with Crippen molar-refractivity contribution in [2.75, 3.05) is 5.32 Å². The first kappa shape index (κ1) is 15.0. The van der Waals surface area contributed by atoms with E-state index in [2.05, 4.69) is 36.6 Å². The Morgan fingerprint density at radius 2 is 2.05 bits per heavy atom. The molecule has 20 heavy (non-hydrogen) atoms. The summed E-state index contributed by atoms with van der Waals surface area (Å²) in [6, 6.07) is 9.05. The molecule has 0 bridgehead atoms. The van der Waals surface area contributed by atoms with Crippen LogP contribution >= 0.6 is 0 Å². The number of anilines is 1. The van der Waals surface area contributed by atoms with Gasteiger partial charge in [0, 0.05) is 24.7 Å². The van der Waals surface area contributed by atoms with Crippen LogP contribution in [0.1, 0.15) is 58.1 Å². The van der Waals surface area contributed by atoms with Crippen LogP contribution in [0.25, 0.3) is 0 Å². The minimum atomic E-state index is -0.0244. The van der Waals surface area contributed by atoms with Crippen LogP contribution in [-0.4, -0.2) is 11.9 Å². The largest absolute Gasteiger partial charge is 0.326 e. The van der Waals surface area contributed by atoms with Crippen LogP contribution in [-0.2, 0) is 4.79 Å². The van der Waals surface area contributed by atoms with Crippen molar-refractivity contribution in [2.45, 2.75) is 58.5 Å². The number of amides is 1. The van der Waals surface area contributed by atoms with E-state index in [1.807, 2.05) is 12.1 Å². The predicted molar refractivity (Wildman–Crippen MR) is 83.7 cm³/mol. The maximum absolute atomic E-state index is 11.1. The Morgan fingerprint density at radius 3 is 2.75 bits per heavy atom. The summed E-state index contributed by atoms with van der Waals surface area (Å²) in [6.07, 6.45) is 5.31. The van der Waals surface area contributed by atoms with Gasteiger partial charge in [0.15, 0.2) is 0 Å². The highest BCUT2D eigenvalue weighted by Gasteiger charge is 2.22. The summed E-state index contributed by atoms with van der Waals surface area (Å²) in [5.41, 5.74) is 2.11. The first-order valence-electron chi connectivity index (χ1n) is 7.70. The lowest BCUT2D eigenvalue weighted by Crippen LogP contribution is -2.38. The van der Waals surface area contributed by atoms with E-state index >= 15 is 0 Å². The first-order valence-corrected chi connectivity index (χ1v) is 7.70. The summed E-state index contributed by atoms with van der Waals surface area (Å²) >= 11 is 0. The second-order valence-corrected chi connectivity index (χ2v) is 6.06. The van der Waals surface area contributed by atoms with E-state index in [0.717, 1.165) is 11.6 Å². The minimum absolute atomic E-state index is 0.0244. The third kappa shape index (κ3) is 4.07. The van der Waals surface area contributed by atoms with Gasteiger partial charge >= 0.3 is 0 Å². The number of hydrogen-bond donors (Lipinski definition) is 2. The van der Waals surface area contributed by atoms with Crippen LogP contribution < -0.4 is 10.6 Å². The molecule has 0 heterocycles. The quantitative estimate of drug-likeness (QED) is 0.875. The molecule has 2 rings (SSSR count). The summed E-state index contributed by atoms with van der Waals surface area (Å²) in [4.78, 5) is 11.1. The molecule has 1 aromatic rings. The van der Waals surface area contributed by atoms with Gasteiger partial charge in [-0.2, -0.15) is 0 Å². The molecular weight excluding hydrogens is 248 g/mol. The lowest BCUT2D eigenvalue weighted by Gasteiger charge is -2.32. The molecule has 0 aromatic heterocycles.